The van der Waals surface area contributed by atoms with Crippen LogP contribution in [0, 0.1) is 0 Å². The molecule has 0 unspecified atom stereocenters. The maximum atomic E-state index is 13.6. The van der Waals surface area contributed by atoms with Crippen LogP contribution in [0.1, 0.15) is 43.1 Å². The molecule has 0 fully saturated rings. The molecule has 2 atom stereocenters. The summed E-state index contributed by atoms with van der Waals surface area (Å²) in [7, 11) is 0. The van der Waals surface area contributed by atoms with Gasteiger partial charge >= 0.3 is 0 Å². The zero-order valence-electron chi connectivity index (χ0n) is 19.5. The van der Waals surface area contributed by atoms with Crippen LogP contribution in [0.15, 0.2) is 60.7 Å². The number of benzene rings is 3. The van der Waals surface area contributed by atoms with Gasteiger partial charge in [-0.25, -0.2) is 0 Å². The van der Waals surface area contributed by atoms with Crippen LogP contribution in [0.2, 0.25) is 5.02 Å². The Morgan fingerprint density at radius 1 is 1.06 bits per heavy atom. The third-order valence-corrected chi connectivity index (χ3v) is 6.59. The molecule has 3 amide bonds. The van der Waals surface area contributed by atoms with Crippen molar-refractivity contribution in [2.45, 2.75) is 45.8 Å². The standard InChI is InChI=1S/C27H28ClN3O3/c1-4-17(2)29-26(33)18(3)30(15-19-8-5-11-21(28)14-19)24(32)16-31-23-13-7-10-20-9-6-12-22(25(20)23)27(31)34/h5-14,17-18H,4,15-16H2,1-3H3,(H,29,33)/t17-,18-/m1/s1. The predicted octanol–water partition coefficient (Wildman–Crippen LogP) is 4.79. The number of rotatable bonds is 8. The Bertz CT molecular complexity index is 1250. The summed E-state index contributed by atoms with van der Waals surface area (Å²) in [6.45, 7) is 5.67. The molecule has 3 aromatic rings. The molecular formula is C27H28ClN3O3. The number of nitrogens with zero attached hydrogens (tertiary/aromatic N) is 2. The van der Waals surface area contributed by atoms with Gasteiger partial charge in [-0.05, 0) is 55.5 Å². The molecule has 3 aromatic carbocycles. The van der Waals surface area contributed by atoms with E-state index in [2.05, 4.69) is 5.32 Å². The largest absolute Gasteiger partial charge is 0.352 e. The fourth-order valence-corrected chi connectivity index (χ4v) is 4.46. The second-order valence-corrected chi connectivity index (χ2v) is 9.15. The lowest BCUT2D eigenvalue weighted by molar-refractivity contribution is -0.139. The summed E-state index contributed by atoms with van der Waals surface area (Å²) < 4.78 is 0. The van der Waals surface area contributed by atoms with Crippen molar-refractivity contribution in [1.29, 1.82) is 0 Å². The summed E-state index contributed by atoms with van der Waals surface area (Å²) in [6.07, 6.45) is 0.783. The van der Waals surface area contributed by atoms with Gasteiger partial charge in [0.1, 0.15) is 12.6 Å². The molecule has 0 spiro atoms. The van der Waals surface area contributed by atoms with Gasteiger partial charge in [-0.1, -0.05) is 54.9 Å². The van der Waals surface area contributed by atoms with E-state index in [0.717, 1.165) is 22.8 Å². The Morgan fingerprint density at radius 3 is 2.47 bits per heavy atom. The Morgan fingerprint density at radius 2 is 1.76 bits per heavy atom. The monoisotopic (exact) mass is 477 g/mol. The highest BCUT2D eigenvalue weighted by Crippen LogP contribution is 2.37. The van der Waals surface area contributed by atoms with Crippen molar-refractivity contribution >= 4 is 45.8 Å². The quantitative estimate of drug-likeness (QED) is 0.507. The summed E-state index contributed by atoms with van der Waals surface area (Å²) in [5.41, 5.74) is 2.11. The van der Waals surface area contributed by atoms with Gasteiger partial charge in [0.15, 0.2) is 0 Å². The molecule has 6 nitrogen and oxygen atoms in total. The fourth-order valence-electron chi connectivity index (χ4n) is 4.24. The fraction of sp³-hybridized carbons (Fsp3) is 0.296. The lowest BCUT2D eigenvalue weighted by atomic mass is 10.1. The van der Waals surface area contributed by atoms with Crippen molar-refractivity contribution in [3.8, 4) is 0 Å². The van der Waals surface area contributed by atoms with Gasteiger partial charge in [-0.15, -0.1) is 0 Å². The topological polar surface area (TPSA) is 69.7 Å². The van der Waals surface area contributed by atoms with Crippen LogP contribution in [0.3, 0.4) is 0 Å². The second kappa shape index (κ2) is 9.85. The average molecular weight is 478 g/mol. The smallest absolute Gasteiger partial charge is 0.259 e. The van der Waals surface area contributed by atoms with Crippen LogP contribution < -0.4 is 10.2 Å². The van der Waals surface area contributed by atoms with Crippen molar-refractivity contribution in [1.82, 2.24) is 10.2 Å². The summed E-state index contributed by atoms with van der Waals surface area (Å²) in [5.74, 6) is -0.757. The van der Waals surface area contributed by atoms with Crippen LogP contribution in [0.5, 0.6) is 0 Å². The maximum Gasteiger partial charge on any atom is 0.259 e. The molecule has 34 heavy (non-hydrogen) atoms. The SMILES string of the molecule is CC[C@@H](C)NC(=O)[C@@H](C)N(Cc1cccc(Cl)c1)C(=O)CN1C(=O)c2cccc3cccc1c23. The first kappa shape index (κ1) is 23.8. The highest BCUT2D eigenvalue weighted by Gasteiger charge is 2.34. The predicted molar refractivity (Wildman–Crippen MR) is 135 cm³/mol. The number of hydrogen-bond acceptors (Lipinski definition) is 3. The van der Waals surface area contributed by atoms with Gasteiger partial charge in [0.25, 0.3) is 5.91 Å². The van der Waals surface area contributed by atoms with E-state index in [9.17, 15) is 14.4 Å². The Balaban J connectivity index is 1.62. The van der Waals surface area contributed by atoms with Gasteiger partial charge in [0.2, 0.25) is 11.8 Å². The summed E-state index contributed by atoms with van der Waals surface area (Å²) in [6, 6.07) is 17.7. The van der Waals surface area contributed by atoms with Crippen LogP contribution >= 0.6 is 11.6 Å². The van der Waals surface area contributed by atoms with Gasteiger partial charge in [0, 0.05) is 28.6 Å². The lowest BCUT2D eigenvalue weighted by Gasteiger charge is -2.31. The number of carbonyl (C=O) groups excluding carboxylic acids is 3. The number of anilines is 1. The summed E-state index contributed by atoms with van der Waals surface area (Å²) in [5, 5.41) is 5.32. The normalized spacial score (nSPS) is 14.2. The van der Waals surface area contributed by atoms with Crippen molar-refractivity contribution in [2.75, 3.05) is 11.4 Å². The second-order valence-electron chi connectivity index (χ2n) is 8.72. The molecule has 7 heteroatoms. The molecule has 0 saturated carbocycles. The minimum absolute atomic E-state index is 0.00895. The van der Waals surface area contributed by atoms with Crippen LogP contribution in [-0.2, 0) is 16.1 Å². The van der Waals surface area contributed by atoms with Crippen LogP contribution in [0.4, 0.5) is 5.69 Å². The van der Waals surface area contributed by atoms with E-state index in [1.54, 1.807) is 25.1 Å². The van der Waals surface area contributed by atoms with E-state index in [4.69, 9.17) is 11.6 Å². The van der Waals surface area contributed by atoms with Crippen molar-refractivity contribution in [3.05, 3.63) is 76.8 Å². The molecule has 0 radical (unpaired) electrons. The molecule has 176 valence electrons. The van der Waals surface area contributed by atoms with Gasteiger partial charge < -0.3 is 10.2 Å². The van der Waals surface area contributed by atoms with Crippen molar-refractivity contribution in [2.24, 2.45) is 0 Å². The Kier molecular flexibility index (Phi) is 6.89. The van der Waals surface area contributed by atoms with Gasteiger partial charge in [-0.3, -0.25) is 19.3 Å². The molecule has 0 bridgehead atoms. The van der Waals surface area contributed by atoms with E-state index in [1.165, 1.54) is 9.80 Å². The third kappa shape index (κ3) is 4.64. The van der Waals surface area contributed by atoms with E-state index < -0.39 is 6.04 Å². The van der Waals surface area contributed by atoms with E-state index >= 15 is 0 Å². The summed E-state index contributed by atoms with van der Waals surface area (Å²) >= 11 is 6.16. The zero-order valence-corrected chi connectivity index (χ0v) is 20.3. The van der Waals surface area contributed by atoms with Crippen molar-refractivity contribution in [3.63, 3.8) is 0 Å². The Labute approximate surface area is 204 Å². The minimum Gasteiger partial charge on any atom is -0.352 e. The molecule has 0 aromatic heterocycles. The highest BCUT2D eigenvalue weighted by atomic mass is 35.5. The van der Waals surface area contributed by atoms with Gasteiger partial charge in [0.05, 0.1) is 5.69 Å². The minimum atomic E-state index is -0.726. The Hall–Kier alpha value is -3.38. The lowest BCUT2D eigenvalue weighted by Crippen LogP contribution is -2.52. The van der Waals surface area contributed by atoms with E-state index in [0.29, 0.717) is 16.3 Å². The number of nitrogens with one attached hydrogen (secondary N) is 1. The number of hydrogen-bond donors (Lipinski definition) is 1. The molecule has 1 aliphatic rings. The van der Waals surface area contributed by atoms with Crippen LogP contribution in [-0.4, -0.2) is 41.2 Å². The van der Waals surface area contributed by atoms with E-state index in [-0.39, 0.29) is 36.9 Å². The molecule has 0 saturated heterocycles. The first-order valence-corrected chi connectivity index (χ1v) is 11.9. The first-order chi connectivity index (χ1) is 16.3. The third-order valence-electron chi connectivity index (χ3n) is 6.35. The zero-order chi connectivity index (χ0) is 24.4. The number of carbonyl (C=O) groups is 3. The molecule has 1 heterocycles. The van der Waals surface area contributed by atoms with Crippen LogP contribution in [0.25, 0.3) is 10.8 Å². The number of amides is 3. The molecular weight excluding hydrogens is 450 g/mol. The first-order valence-electron chi connectivity index (χ1n) is 11.5. The highest BCUT2D eigenvalue weighted by molar-refractivity contribution is 6.30. The molecule has 4 rings (SSSR count). The molecule has 1 aliphatic heterocycles. The molecule has 0 aliphatic carbocycles. The average Bonchev–Trinajstić information content (AvgIpc) is 3.10. The van der Waals surface area contributed by atoms with Gasteiger partial charge in [-0.2, -0.15) is 0 Å². The summed E-state index contributed by atoms with van der Waals surface area (Å²) in [4.78, 5) is 42.8. The van der Waals surface area contributed by atoms with Crippen molar-refractivity contribution < 1.29 is 14.4 Å². The van der Waals surface area contributed by atoms with E-state index in [1.807, 2.05) is 56.3 Å². The molecule has 1 N–H and O–H groups in total. The maximum absolute atomic E-state index is 13.6. The number of halogens is 1.